The molecule has 0 unspecified atom stereocenters. The van der Waals surface area contributed by atoms with Crippen molar-refractivity contribution in [1.82, 2.24) is 0 Å². The van der Waals surface area contributed by atoms with Crippen LogP contribution in [0.4, 0.5) is 0 Å². The lowest BCUT2D eigenvalue weighted by Crippen LogP contribution is -2.03. The standard InChI is InChI=1S/C32H44N2/c1-4-7-10-12-16-26-18-14-21-28(23-26)31-25-30(20-9-6-3)32(34(31)33)29-22-15-19-27(24-29)17-13-11-8-5-2/h14-15,18-19,21-25H,4-13,16-17,20H2,1-3H3. The van der Waals surface area contributed by atoms with E-state index >= 15 is 0 Å². The molecule has 2 aromatic rings. The van der Waals surface area contributed by atoms with Crippen LogP contribution in [-0.2, 0) is 12.8 Å². The summed E-state index contributed by atoms with van der Waals surface area (Å²) < 4.78 is 1.46. The van der Waals surface area contributed by atoms with E-state index in [-0.39, 0.29) is 0 Å². The van der Waals surface area contributed by atoms with Crippen molar-refractivity contribution in [2.45, 2.75) is 104 Å². The highest BCUT2D eigenvalue weighted by molar-refractivity contribution is 5.78. The summed E-state index contributed by atoms with van der Waals surface area (Å²) >= 11 is 0. The lowest BCUT2D eigenvalue weighted by atomic mass is 9.99. The number of hydrogen-bond donors (Lipinski definition) is 0. The van der Waals surface area contributed by atoms with Crippen molar-refractivity contribution in [1.29, 1.82) is 0 Å². The zero-order valence-electron chi connectivity index (χ0n) is 21.8. The number of unbranched alkanes of at least 4 members (excludes halogenated alkanes) is 7. The second kappa shape index (κ2) is 14.0. The maximum Gasteiger partial charge on any atom is 0.210 e. The van der Waals surface area contributed by atoms with E-state index in [1.807, 2.05) is 0 Å². The summed E-state index contributed by atoms with van der Waals surface area (Å²) in [6, 6.07) is 17.6. The van der Waals surface area contributed by atoms with Crippen molar-refractivity contribution < 1.29 is 4.70 Å². The van der Waals surface area contributed by atoms with Crippen molar-refractivity contribution in [2.24, 2.45) is 0 Å². The SMILES string of the molecule is CCCCCCc1cccc(C2=CC(CCCC)=C(c3cccc(CCCCCC)c3)[N+]2=[N-])c1. The third-order valence-electron chi connectivity index (χ3n) is 6.92. The van der Waals surface area contributed by atoms with Gasteiger partial charge in [0, 0.05) is 22.8 Å². The predicted octanol–water partition coefficient (Wildman–Crippen LogP) is 9.92. The summed E-state index contributed by atoms with van der Waals surface area (Å²) in [6.45, 7) is 6.74. The number of nitrogens with zero attached hydrogens (tertiary/aromatic N) is 2. The second-order valence-corrected chi connectivity index (χ2v) is 9.84. The second-order valence-electron chi connectivity index (χ2n) is 9.84. The van der Waals surface area contributed by atoms with Crippen LogP contribution >= 0.6 is 0 Å². The summed E-state index contributed by atoms with van der Waals surface area (Å²) in [5.41, 5.74) is 19.5. The zero-order valence-corrected chi connectivity index (χ0v) is 21.8. The number of rotatable bonds is 15. The van der Waals surface area contributed by atoms with Gasteiger partial charge in [-0.1, -0.05) is 90.0 Å². The Morgan fingerprint density at radius 2 is 1.18 bits per heavy atom. The van der Waals surface area contributed by atoms with Gasteiger partial charge in [-0.25, -0.2) is 4.70 Å². The van der Waals surface area contributed by atoms with Crippen LogP contribution in [0, 0.1) is 0 Å². The third-order valence-corrected chi connectivity index (χ3v) is 6.92. The number of allylic oxidation sites excluding steroid dienone is 2. The molecule has 0 saturated heterocycles. The maximum absolute atomic E-state index is 11.4. The van der Waals surface area contributed by atoms with Crippen LogP contribution in [0.1, 0.15) is 114 Å². The molecular formula is C32H44N2. The minimum absolute atomic E-state index is 0.907. The van der Waals surface area contributed by atoms with Crippen molar-refractivity contribution in [3.05, 3.63) is 88.0 Å². The van der Waals surface area contributed by atoms with E-state index in [1.165, 1.54) is 72.8 Å². The molecule has 0 amide bonds. The fourth-order valence-electron chi connectivity index (χ4n) is 4.89. The molecular weight excluding hydrogens is 412 g/mol. The van der Waals surface area contributed by atoms with E-state index < -0.39 is 0 Å². The van der Waals surface area contributed by atoms with Crippen molar-refractivity contribution in [3.63, 3.8) is 0 Å². The van der Waals surface area contributed by atoms with Crippen LogP contribution in [0.15, 0.2) is 60.2 Å². The van der Waals surface area contributed by atoms with E-state index in [4.69, 9.17) is 0 Å². The highest BCUT2D eigenvalue weighted by Gasteiger charge is 2.28. The Labute approximate surface area is 208 Å². The van der Waals surface area contributed by atoms with Gasteiger partial charge < -0.3 is 5.53 Å². The van der Waals surface area contributed by atoms with E-state index in [9.17, 15) is 5.53 Å². The molecule has 1 aliphatic rings. The summed E-state index contributed by atoms with van der Waals surface area (Å²) in [5.74, 6) is 0. The first-order valence-corrected chi connectivity index (χ1v) is 13.8. The first-order chi connectivity index (χ1) is 16.7. The van der Waals surface area contributed by atoms with Gasteiger partial charge in [-0.05, 0) is 73.9 Å². The van der Waals surface area contributed by atoms with E-state index in [0.29, 0.717) is 0 Å². The van der Waals surface area contributed by atoms with Gasteiger partial charge >= 0.3 is 0 Å². The van der Waals surface area contributed by atoms with Gasteiger partial charge in [0.05, 0.1) is 0 Å². The Kier molecular flexibility index (Phi) is 10.8. The van der Waals surface area contributed by atoms with E-state index in [0.717, 1.165) is 54.6 Å². The minimum atomic E-state index is 0.907. The Morgan fingerprint density at radius 1 is 0.618 bits per heavy atom. The largest absolute Gasteiger partial charge is 0.493 e. The van der Waals surface area contributed by atoms with Crippen molar-refractivity contribution >= 4 is 11.4 Å². The van der Waals surface area contributed by atoms with Crippen LogP contribution < -0.4 is 0 Å². The Balaban J connectivity index is 1.81. The Bertz CT molecular complexity index is 996. The molecule has 0 N–H and O–H groups in total. The maximum atomic E-state index is 11.4. The third kappa shape index (κ3) is 7.26. The van der Waals surface area contributed by atoms with Crippen LogP contribution in [0.25, 0.3) is 16.9 Å². The Morgan fingerprint density at radius 3 is 1.76 bits per heavy atom. The molecule has 1 heterocycles. The van der Waals surface area contributed by atoms with Gasteiger partial charge in [0.25, 0.3) is 0 Å². The summed E-state index contributed by atoms with van der Waals surface area (Å²) in [6.07, 6.45) is 17.9. The molecule has 0 aliphatic carbocycles. The van der Waals surface area contributed by atoms with E-state index in [2.05, 4.69) is 75.4 Å². The highest BCUT2D eigenvalue weighted by Crippen LogP contribution is 2.37. The van der Waals surface area contributed by atoms with Gasteiger partial charge in [-0.3, -0.25) is 0 Å². The lowest BCUT2D eigenvalue weighted by Gasteiger charge is -2.12. The average Bonchev–Trinajstić information content (AvgIpc) is 3.19. The summed E-state index contributed by atoms with van der Waals surface area (Å²) in [7, 11) is 0. The van der Waals surface area contributed by atoms with Crippen molar-refractivity contribution in [3.8, 4) is 0 Å². The normalized spacial score (nSPS) is 13.6. The van der Waals surface area contributed by atoms with Crippen LogP contribution in [0.3, 0.4) is 0 Å². The van der Waals surface area contributed by atoms with Crippen LogP contribution in [-0.4, -0.2) is 4.70 Å². The molecule has 2 nitrogen and oxygen atoms in total. The van der Waals surface area contributed by atoms with Crippen LogP contribution in [0.2, 0.25) is 0 Å². The topological polar surface area (TPSA) is 25.3 Å². The molecule has 0 spiro atoms. The summed E-state index contributed by atoms with van der Waals surface area (Å²) in [5, 5.41) is 0. The molecule has 0 saturated carbocycles. The first-order valence-electron chi connectivity index (χ1n) is 13.8. The molecule has 2 aromatic carbocycles. The molecule has 0 bridgehead atoms. The average molecular weight is 457 g/mol. The fourth-order valence-corrected chi connectivity index (χ4v) is 4.89. The number of hydrogen-bond acceptors (Lipinski definition) is 0. The van der Waals surface area contributed by atoms with E-state index in [1.54, 1.807) is 0 Å². The lowest BCUT2D eigenvalue weighted by molar-refractivity contribution is -0.344. The van der Waals surface area contributed by atoms with Gasteiger partial charge in [-0.15, -0.1) is 0 Å². The minimum Gasteiger partial charge on any atom is -0.493 e. The Hall–Kier alpha value is -2.48. The van der Waals surface area contributed by atoms with Crippen molar-refractivity contribution in [2.75, 3.05) is 0 Å². The molecule has 34 heavy (non-hydrogen) atoms. The monoisotopic (exact) mass is 456 g/mol. The number of benzene rings is 2. The van der Waals surface area contributed by atoms with Gasteiger partial charge in [0.2, 0.25) is 11.4 Å². The first kappa shape index (κ1) is 26.1. The number of aryl methyl sites for hydroxylation is 2. The molecule has 182 valence electrons. The van der Waals surface area contributed by atoms with Crippen LogP contribution in [0.5, 0.6) is 0 Å². The van der Waals surface area contributed by atoms with Gasteiger partial charge in [0.1, 0.15) is 0 Å². The highest BCUT2D eigenvalue weighted by atomic mass is 15.2. The quantitative estimate of drug-likeness (QED) is 0.188. The predicted molar refractivity (Wildman–Crippen MR) is 147 cm³/mol. The van der Waals surface area contributed by atoms with Gasteiger partial charge in [0.15, 0.2) is 0 Å². The molecule has 0 aromatic heterocycles. The fraction of sp³-hybridized carbons (Fsp3) is 0.500. The summed E-state index contributed by atoms with van der Waals surface area (Å²) in [4.78, 5) is 0. The molecule has 2 heteroatoms. The molecule has 3 rings (SSSR count). The van der Waals surface area contributed by atoms with Gasteiger partial charge in [-0.2, -0.15) is 0 Å². The smallest absolute Gasteiger partial charge is 0.210 e. The molecule has 1 aliphatic heterocycles. The molecule has 0 fully saturated rings. The zero-order chi connectivity index (χ0) is 24.2. The molecule has 0 atom stereocenters. The molecule has 0 radical (unpaired) electrons.